The number of carbonyl (C=O) groups is 1. The van der Waals surface area contributed by atoms with Crippen molar-refractivity contribution in [2.45, 2.75) is 6.04 Å². The SMILES string of the molecule is COc1ccc(C(N)CSC(=O)PP)c(OC)c1. The van der Waals surface area contributed by atoms with Gasteiger partial charge in [-0.2, -0.15) is 0 Å². The van der Waals surface area contributed by atoms with Gasteiger partial charge in [0.25, 0.3) is 0 Å². The molecule has 4 nitrogen and oxygen atoms in total. The molecule has 0 aliphatic carbocycles. The molecule has 7 heteroatoms. The first kappa shape index (κ1) is 15.7. The Morgan fingerprint density at radius 1 is 1.50 bits per heavy atom. The first-order valence-corrected chi connectivity index (χ1v) is 9.02. The number of hydrogen-bond donors (Lipinski definition) is 1. The van der Waals surface area contributed by atoms with E-state index in [1.807, 2.05) is 12.1 Å². The zero-order chi connectivity index (χ0) is 13.5. The molecule has 3 unspecified atom stereocenters. The Hall–Kier alpha value is -0.340. The van der Waals surface area contributed by atoms with E-state index in [-0.39, 0.29) is 19.2 Å². The van der Waals surface area contributed by atoms with Crippen molar-refractivity contribution in [3.8, 4) is 11.5 Å². The normalized spacial score (nSPS) is 12.7. The molecule has 0 aromatic heterocycles. The highest BCUT2D eigenvalue weighted by Gasteiger charge is 2.14. The third-order valence-electron chi connectivity index (χ3n) is 2.35. The quantitative estimate of drug-likeness (QED) is 0.819. The van der Waals surface area contributed by atoms with Crippen LogP contribution in [0.2, 0.25) is 0 Å². The highest BCUT2D eigenvalue weighted by atomic mass is 32.2. The number of thioether (sulfide) groups is 1. The molecular weight excluding hydrogens is 288 g/mol. The largest absolute Gasteiger partial charge is 0.497 e. The molecule has 1 aromatic carbocycles. The van der Waals surface area contributed by atoms with Gasteiger partial charge < -0.3 is 15.2 Å². The molecule has 0 aliphatic rings. The van der Waals surface area contributed by atoms with Gasteiger partial charge in [0.1, 0.15) is 11.5 Å². The monoisotopic (exact) mass is 305 g/mol. The Labute approximate surface area is 115 Å². The lowest BCUT2D eigenvalue weighted by Gasteiger charge is -2.15. The van der Waals surface area contributed by atoms with Gasteiger partial charge in [-0.15, -0.1) is 8.93 Å². The van der Waals surface area contributed by atoms with Crippen LogP contribution >= 0.6 is 29.0 Å². The van der Waals surface area contributed by atoms with E-state index in [4.69, 9.17) is 15.2 Å². The van der Waals surface area contributed by atoms with Gasteiger partial charge in [0.2, 0.25) is 4.86 Å². The van der Waals surface area contributed by atoms with Crippen LogP contribution in [0.15, 0.2) is 18.2 Å². The van der Waals surface area contributed by atoms with Gasteiger partial charge in [-0.3, -0.25) is 4.79 Å². The molecule has 100 valence electrons. The fourth-order valence-electron chi connectivity index (χ4n) is 1.42. The molecule has 0 amide bonds. The van der Waals surface area contributed by atoms with Gasteiger partial charge in [0.05, 0.1) is 14.2 Å². The fourth-order valence-corrected chi connectivity index (χ4v) is 3.27. The lowest BCUT2D eigenvalue weighted by atomic mass is 10.1. The predicted molar refractivity (Wildman–Crippen MR) is 82.4 cm³/mol. The summed E-state index contributed by atoms with van der Waals surface area (Å²) in [5.41, 5.74) is 6.95. The van der Waals surface area contributed by atoms with Gasteiger partial charge in [0, 0.05) is 23.4 Å². The molecule has 0 fully saturated rings. The average molecular weight is 305 g/mol. The van der Waals surface area contributed by atoms with Crippen LogP contribution in [0.5, 0.6) is 11.5 Å². The molecule has 0 heterocycles. The standard InChI is InChI=1S/C11H17NO3P2S/c1-14-7-3-4-8(10(5-7)15-2)9(12)6-18-11(13)17-16/h3-5,9,17H,6,12,16H2,1-2H3. The number of ether oxygens (including phenoxy) is 2. The fraction of sp³-hybridized carbons (Fsp3) is 0.364. The number of hydrogen-bond acceptors (Lipinski definition) is 5. The van der Waals surface area contributed by atoms with Crippen LogP contribution in [0, 0.1) is 0 Å². The highest BCUT2D eigenvalue weighted by molar-refractivity contribution is 8.33. The summed E-state index contributed by atoms with van der Waals surface area (Å²) in [4.78, 5) is 11.4. The maximum Gasteiger partial charge on any atom is 0.210 e. The van der Waals surface area contributed by atoms with Gasteiger partial charge >= 0.3 is 0 Å². The highest BCUT2D eigenvalue weighted by Crippen LogP contribution is 2.34. The Morgan fingerprint density at radius 3 is 2.78 bits per heavy atom. The van der Waals surface area contributed by atoms with Gasteiger partial charge in [-0.1, -0.05) is 17.8 Å². The van der Waals surface area contributed by atoms with Crippen molar-refractivity contribution in [1.29, 1.82) is 0 Å². The molecule has 1 aromatic rings. The van der Waals surface area contributed by atoms with Crippen molar-refractivity contribution in [2.75, 3.05) is 20.0 Å². The predicted octanol–water partition coefficient (Wildman–Crippen LogP) is 3.03. The zero-order valence-electron chi connectivity index (χ0n) is 10.3. The van der Waals surface area contributed by atoms with Crippen molar-refractivity contribution in [3.63, 3.8) is 0 Å². The minimum Gasteiger partial charge on any atom is -0.497 e. The summed E-state index contributed by atoms with van der Waals surface area (Å²) in [6, 6.07) is 5.26. The molecule has 0 saturated carbocycles. The van der Waals surface area contributed by atoms with Gasteiger partial charge in [0.15, 0.2) is 0 Å². The molecule has 2 N–H and O–H groups in total. The number of nitrogens with two attached hydrogens (primary N) is 1. The second kappa shape index (κ2) is 7.96. The van der Waals surface area contributed by atoms with E-state index in [1.54, 1.807) is 20.3 Å². The van der Waals surface area contributed by atoms with E-state index in [1.165, 1.54) is 11.8 Å². The maximum absolute atomic E-state index is 11.3. The van der Waals surface area contributed by atoms with Crippen molar-refractivity contribution in [3.05, 3.63) is 23.8 Å². The molecule has 0 bridgehead atoms. The number of methoxy groups -OCH3 is 2. The Kier molecular flexibility index (Phi) is 6.95. The summed E-state index contributed by atoms with van der Waals surface area (Å²) in [6.07, 6.45) is 0. The molecule has 0 saturated heterocycles. The number of benzene rings is 1. The number of rotatable bonds is 6. The first-order chi connectivity index (χ1) is 8.62. The van der Waals surface area contributed by atoms with Crippen LogP contribution in [-0.4, -0.2) is 24.8 Å². The summed E-state index contributed by atoms with van der Waals surface area (Å²) in [6.45, 7) is 0. The molecule has 0 spiro atoms. The lowest BCUT2D eigenvalue weighted by Crippen LogP contribution is -2.14. The Bertz CT molecular complexity index is 417. The van der Waals surface area contributed by atoms with Crippen LogP contribution in [0.1, 0.15) is 11.6 Å². The van der Waals surface area contributed by atoms with Gasteiger partial charge in [-0.05, 0) is 14.3 Å². The molecule has 18 heavy (non-hydrogen) atoms. The molecule has 0 aliphatic heterocycles. The van der Waals surface area contributed by atoms with Crippen LogP contribution in [0.3, 0.4) is 0 Å². The minimum absolute atomic E-state index is 0.142. The van der Waals surface area contributed by atoms with E-state index in [0.717, 1.165) is 11.3 Å². The smallest absolute Gasteiger partial charge is 0.210 e. The summed E-state index contributed by atoms with van der Waals surface area (Å²) in [5.74, 6) is 1.95. The molecule has 3 atom stereocenters. The summed E-state index contributed by atoms with van der Waals surface area (Å²) >= 11 is 1.25. The average Bonchev–Trinajstić information content (AvgIpc) is 2.43. The minimum atomic E-state index is -0.235. The molecule has 0 radical (unpaired) electrons. The Balaban J connectivity index is 2.78. The van der Waals surface area contributed by atoms with Crippen LogP contribution in [0.4, 0.5) is 4.79 Å². The zero-order valence-corrected chi connectivity index (χ0v) is 13.3. The van der Waals surface area contributed by atoms with E-state index < -0.39 is 0 Å². The summed E-state index contributed by atoms with van der Waals surface area (Å²) < 4.78 is 10.4. The van der Waals surface area contributed by atoms with E-state index in [0.29, 0.717) is 11.5 Å². The Morgan fingerprint density at radius 2 is 2.22 bits per heavy atom. The van der Waals surface area contributed by atoms with Crippen LogP contribution in [0.25, 0.3) is 0 Å². The van der Waals surface area contributed by atoms with Crippen LogP contribution < -0.4 is 15.2 Å². The second-order valence-electron chi connectivity index (χ2n) is 3.46. The second-order valence-corrected chi connectivity index (χ2v) is 6.42. The third-order valence-corrected chi connectivity index (χ3v) is 5.58. The summed E-state index contributed by atoms with van der Waals surface area (Å²) in [7, 11) is 5.84. The lowest BCUT2D eigenvalue weighted by molar-refractivity contribution is 0.276. The topological polar surface area (TPSA) is 61.5 Å². The number of carbonyl (C=O) groups excluding carboxylic acids is 1. The van der Waals surface area contributed by atoms with Crippen molar-refractivity contribution >= 4 is 33.8 Å². The van der Waals surface area contributed by atoms with E-state index in [9.17, 15) is 4.79 Å². The summed E-state index contributed by atoms with van der Waals surface area (Å²) in [5, 5.41) is 0. The first-order valence-electron chi connectivity index (χ1n) is 5.23. The van der Waals surface area contributed by atoms with Crippen molar-refractivity contribution in [1.82, 2.24) is 0 Å². The van der Waals surface area contributed by atoms with Crippen LogP contribution in [-0.2, 0) is 0 Å². The van der Waals surface area contributed by atoms with Crippen molar-refractivity contribution < 1.29 is 14.3 Å². The van der Waals surface area contributed by atoms with E-state index >= 15 is 0 Å². The maximum atomic E-state index is 11.3. The molecular formula is C11H17NO3P2S. The van der Waals surface area contributed by atoms with Gasteiger partial charge in [-0.25, -0.2) is 0 Å². The third kappa shape index (κ3) is 4.40. The van der Waals surface area contributed by atoms with E-state index in [2.05, 4.69) is 8.93 Å². The molecule has 1 rings (SSSR count). The van der Waals surface area contributed by atoms with Crippen molar-refractivity contribution in [2.24, 2.45) is 5.73 Å².